The van der Waals surface area contributed by atoms with Gasteiger partial charge in [0.2, 0.25) is 21.8 Å². The van der Waals surface area contributed by atoms with Crippen molar-refractivity contribution in [1.82, 2.24) is 14.5 Å². The molecule has 1 atom stereocenters. The van der Waals surface area contributed by atoms with Crippen LogP contribution in [0.1, 0.15) is 19.3 Å². The van der Waals surface area contributed by atoms with E-state index < -0.39 is 16.1 Å². The van der Waals surface area contributed by atoms with Gasteiger partial charge < -0.3 is 14.5 Å². The molecule has 0 aromatic heterocycles. The molecular formula is C21H31N3O5S2. The largest absolute Gasteiger partial charge is 0.378 e. The molecule has 2 aliphatic rings. The quantitative estimate of drug-likeness (QED) is 0.614. The third-order valence-electron chi connectivity index (χ3n) is 5.74. The Labute approximate surface area is 188 Å². The minimum atomic E-state index is -3.79. The van der Waals surface area contributed by atoms with Crippen LogP contribution < -0.4 is 4.72 Å². The Bertz CT molecular complexity index is 836. The Kier molecular flexibility index (Phi) is 8.76. The zero-order chi connectivity index (χ0) is 22.3. The summed E-state index contributed by atoms with van der Waals surface area (Å²) in [6.07, 6.45) is 3.54. The minimum absolute atomic E-state index is 0.0900. The summed E-state index contributed by atoms with van der Waals surface area (Å²) in [4.78, 5) is 29.6. The van der Waals surface area contributed by atoms with Gasteiger partial charge in [-0.15, -0.1) is 0 Å². The number of carbonyl (C=O) groups is 2. The number of nitrogens with zero attached hydrogens (tertiary/aromatic N) is 2. The number of nitrogens with one attached hydrogen (secondary N) is 1. The monoisotopic (exact) mass is 469 g/mol. The smallest absolute Gasteiger partial charge is 0.241 e. The molecule has 8 nitrogen and oxygen atoms in total. The van der Waals surface area contributed by atoms with E-state index in [1.807, 2.05) is 11.2 Å². The maximum Gasteiger partial charge on any atom is 0.241 e. The number of sulfonamides is 1. The van der Waals surface area contributed by atoms with Gasteiger partial charge in [-0.1, -0.05) is 18.2 Å². The molecule has 2 heterocycles. The second kappa shape index (κ2) is 11.3. The molecule has 2 amide bonds. The van der Waals surface area contributed by atoms with Crippen molar-refractivity contribution in [2.24, 2.45) is 5.92 Å². The van der Waals surface area contributed by atoms with Gasteiger partial charge in [0.1, 0.15) is 6.04 Å². The van der Waals surface area contributed by atoms with Crippen molar-refractivity contribution >= 4 is 33.6 Å². The highest BCUT2D eigenvalue weighted by Gasteiger charge is 2.34. The molecule has 10 heteroatoms. The Morgan fingerprint density at radius 1 is 1.10 bits per heavy atom. The number of ether oxygens (including phenoxy) is 1. The van der Waals surface area contributed by atoms with Crippen molar-refractivity contribution in [2.45, 2.75) is 30.2 Å². The second-order valence-corrected chi connectivity index (χ2v) is 10.5. The molecule has 2 saturated heterocycles. The summed E-state index contributed by atoms with van der Waals surface area (Å²) in [7, 11) is -3.79. The number of likely N-dealkylation sites (tertiary alicyclic amines) is 1. The fourth-order valence-electron chi connectivity index (χ4n) is 3.93. The van der Waals surface area contributed by atoms with Crippen LogP contribution in [0.3, 0.4) is 0 Å². The summed E-state index contributed by atoms with van der Waals surface area (Å²) < 4.78 is 33.4. The normalized spacial score (nSPS) is 19.3. The van der Waals surface area contributed by atoms with Gasteiger partial charge in [-0.05, 0) is 43.4 Å². The highest BCUT2D eigenvalue weighted by Crippen LogP contribution is 2.22. The second-order valence-electron chi connectivity index (χ2n) is 7.81. The predicted molar refractivity (Wildman–Crippen MR) is 120 cm³/mol. The Morgan fingerprint density at radius 2 is 1.74 bits per heavy atom. The van der Waals surface area contributed by atoms with E-state index in [0.717, 1.165) is 0 Å². The standard InChI is InChI=1S/C21H31N3O5S2/c1-30-16-9-19(22-31(27,28)18-5-3-2-4-6-18)21(26)23-10-7-17(8-11-23)20(25)24-12-14-29-15-13-24/h2-6,17,19,22H,7-16H2,1H3. The van der Waals surface area contributed by atoms with Crippen molar-refractivity contribution in [3.63, 3.8) is 0 Å². The molecule has 0 spiro atoms. The van der Waals surface area contributed by atoms with Crippen LogP contribution in [0.4, 0.5) is 0 Å². The first-order chi connectivity index (χ1) is 14.9. The van der Waals surface area contributed by atoms with Crippen LogP contribution in [0.25, 0.3) is 0 Å². The fraction of sp³-hybridized carbons (Fsp3) is 0.619. The maximum absolute atomic E-state index is 13.2. The zero-order valence-electron chi connectivity index (χ0n) is 17.9. The van der Waals surface area contributed by atoms with E-state index >= 15 is 0 Å². The molecule has 1 aromatic rings. The van der Waals surface area contributed by atoms with Crippen molar-refractivity contribution in [1.29, 1.82) is 0 Å². The number of carbonyl (C=O) groups excluding carboxylic acids is 2. The number of hydrogen-bond acceptors (Lipinski definition) is 6. The summed E-state index contributed by atoms with van der Waals surface area (Å²) in [5.41, 5.74) is 0. The Hall–Kier alpha value is -1.62. The van der Waals surface area contributed by atoms with Gasteiger partial charge >= 0.3 is 0 Å². The summed E-state index contributed by atoms with van der Waals surface area (Å²) in [6, 6.07) is 7.27. The SMILES string of the molecule is CSCCC(NS(=O)(=O)c1ccccc1)C(=O)N1CCC(C(=O)N2CCOCC2)CC1. The van der Waals surface area contributed by atoms with Gasteiger partial charge in [0, 0.05) is 32.1 Å². The molecule has 0 radical (unpaired) electrons. The number of morpholine rings is 1. The summed E-state index contributed by atoms with van der Waals surface area (Å²) in [5, 5.41) is 0. The van der Waals surface area contributed by atoms with Crippen LogP contribution in [-0.4, -0.2) is 87.5 Å². The van der Waals surface area contributed by atoms with Crippen molar-refractivity contribution in [3.05, 3.63) is 30.3 Å². The van der Waals surface area contributed by atoms with Gasteiger partial charge in [-0.25, -0.2) is 8.42 Å². The van der Waals surface area contributed by atoms with E-state index in [2.05, 4.69) is 4.72 Å². The lowest BCUT2D eigenvalue weighted by Crippen LogP contribution is -2.52. The van der Waals surface area contributed by atoms with E-state index in [0.29, 0.717) is 64.4 Å². The average Bonchev–Trinajstić information content (AvgIpc) is 2.82. The number of hydrogen-bond donors (Lipinski definition) is 1. The van der Waals surface area contributed by atoms with Crippen LogP contribution in [0.5, 0.6) is 0 Å². The molecule has 0 saturated carbocycles. The first kappa shape index (κ1) is 24.0. The minimum Gasteiger partial charge on any atom is -0.378 e. The molecule has 3 rings (SSSR count). The molecule has 0 bridgehead atoms. The number of piperidine rings is 1. The third kappa shape index (κ3) is 6.44. The third-order valence-corrected chi connectivity index (χ3v) is 7.87. The molecule has 1 aromatic carbocycles. The highest BCUT2D eigenvalue weighted by molar-refractivity contribution is 7.98. The molecule has 2 fully saturated rings. The van der Waals surface area contributed by atoms with E-state index in [1.165, 1.54) is 12.1 Å². The molecule has 172 valence electrons. The van der Waals surface area contributed by atoms with Crippen molar-refractivity contribution in [2.75, 3.05) is 51.4 Å². The van der Waals surface area contributed by atoms with Crippen LogP contribution in [0.15, 0.2) is 35.2 Å². The molecular weight excluding hydrogens is 438 g/mol. The lowest BCUT2D eigenvalue weighted by atomic mass is 9.94. The molecule has 1 unspecified atom stereocenters. The van der Waals surface area contributed by atoms with Gasteiger partial charge in [-0.2, -0.15) is 16.5 Å². The van der Waals surface area contributed by atoms with Crippen molar-refractivity contribution < 1.29 is 22.7 Å². The summed E-state index contributed by atoms with van der Waals surface area (Å²) in [6.45, 7) is 3.31. The number of amides is 2. The molecule has 2 aliphatic heterocycles. The average molecular weight is 470 g/mol. The zero-order valence-corrected chi connectivity index (χ0v) is 19.5. The van der Waals surface area contributed by atoms with Gasteiger partial charge in [-0.3, -0.25) is 9.59 Å². The predicted octanol–water partition coefficient (Wildman–Crippen LogP) is 1.18. The molecule has 1 N–H and O–H groups in total. The maximum atomic E-state index is 13.2. The molecule has 0 aliphatic carbocycles. The van der Waals surface area contributed by atoms with E-state index in [-0.39, 0.29) is 22.6 Å². The highest BCUT2D eigenvalue weighted by atomic mass is 32.2. The fourth-order valence-corrected chi connectivity index (χ4v) is 5.65. The number of rotatable bonds is 8. The van der Waals surface area contributed by atoms with Crippen molar-refractivity contribution in [3.8, 4) is 0 Å². The summed E-state index contributed by atoms with van der Waals surface area (Å²) in [5.74, 6) is 0.498. The van der Waals surface area contributed by atoms with Crippen LogP contribution in [0.2, 0.25) is 0 Å². The number of benzene rings is 1. The van der Waals surface area contributed by atoms with Gasteiger partial charge in [0.15, 0.2) is 0 Å². The van der Waals surface area contributed by atoms with E-state index in [9.17, 15) is 18.0 Å². The first-order valence-electron chi connectivity index (χ1n) is 10.6. The van der Waals surface area contributed by atoms with Gasteiger partial charge in [0.25, 0.3) is 0 Å². The van der Waals surface area contributed by atoms with Crippen LogP contribution >= 0.6 is 11.8 Å². The lowest BCUT2D eigenvalue weighted by molar-refractivity contribution is -0.144. The van der Waals surface area contributed by atoms with E-state index in [4.69, 9.17) is 4.74 Å². The molecule has 31 heavy (non-hydrogen) atoms. The first-order valence-corrected chi connectivity index (χ1v) is 13.5. The van der Waals surface area contributed by atoms with E-state index in [1.54, 1.807) is 34.9 Å². The Morgan fingerprint density at radius 3 is 2.35 bits per heavy atom. The Balaban J connectivity index is 1.61. The lowest BCUT2D eigenvalue weighted by Gasteiger charge is -2.36. The summed E-state index contributed by atoms with van der Waals surface area (Å²) >= 11 is 1.57. The van der Waals surface area contributed by atoms with Gasteiger partial charge in [0.05, 0.1) is 18.1 Å². The topological polar surface area (TPSA) is 96.0 Å². The van der Waals surface area contributed by atoms with Crippen LogP contribution in [-0.2, 0) is 24.3 Å². The number of thioether (sulfide) groups is 1. The van der Waals surface area contributed by atoms with Crippen LogP contribution in [0, 0.1) is 5.92 Å².